The van der Waals surface area contributed by atoms with Gasteiger partial charge in [-0.3, -0.25) is 19.1 Å². The lowest BCUT2D eigenvalue weighted by atomic mass is 10.1. The van der Waals surface area contributed by atoms with Crippen molar-refractivity contribution in [1.29, 1.82) is 5.26 Å². The van der Waals surface area contributed by atoms with Gasteiger partial charge in [-0.15, -0.1) is 0 Å². The Hall–Kier alpha value is -5.83. The number of nitriles is 1. The zero-order valence-electron chi connectivity index (χ0n) is 22.4. The number of anilines is 1. The minimum atomic E-state index is -0.870. The van der Waals surface area contributed by atoms with E-state index in [-0.39, 0.29) is 45.6 Å². The number of carbonyl (C=O) groups is 1. The third kappa shape index (κ3) is 5.18. The number of benzene rings is 2. The molecule has 0 bridgehead atoms. The molecule has 210 valence electrons. The average molecular weight is 570 g/mol. The molecule has 10 nitrogen and oxygen atoms in total. The highest BCUT2D eigenvalue weighted by Gasteiger charge is 2.20. The van der Waals surface area contributed by atoms with E-state index in [4.69, 9.17) is 14.2 Å². The Labute approximate surface area is 237 Å². The Morgan fingerprint density at radius 1 is 0.976 bits per heavy atom. The second-order valence-electron chi connectivity index (χ2n) is 8.86. The van der Waals surface area contributed by atoms with E-state index >= 15 is 4.39 Å². The Balaban J connectivity index is 1.44. The van der Waals surface area contributed by atoms with Gasteiger partial charge < -0.3 is 19.5 Å². The van der Waals surface area contributed by atoms with Crippen LogP contribution in [0.3, 0.4) is 0 Å². The number of halogens is 2. The molecular weight excluding hydrogens is 548 g/mol. The van der Waals surface area contributed by atoms with Crippen molar-refractivity contribution in [3.8, 4) is 34.9 Å². The first-order chi connectivity index (χ1) is 20.2. The molecule has 42 heavy (non-hydrogen) atoms. The summed E-state index contributed by atoms with van der Waals surface area (Å²) in [5, 5.41) is 12.1. The monoisotopic (exact) mass is 569 g/mol. The average Bonchev–Trinajstić information content (AvgIpc) is 2.99. The van der Waals surface area contributed by atoms with Crippen molar-refractivity contribution < 1.29 is 27.8 Å². The minimum Gasteiger partial charge on any atom is -0.491 e. The van der Waals surface area contributed by atoms with Crippen LogP contribution in [0, 0.1) is 29.9 Å². The number of hydrogen-bond acceptors (Lipinski definition) is 8. The van der Waals surface area contributed by atoms with Crippen molar-refractivity contribution >= 4 is 22.6 Å². The normalized spacial score (nSPS) is 10.7. The largest absolute Gasteiger partial charge is 0.491 e. The zero-order valence-corrected chi connectivity index (χ0v) is 22.4. The smallest absolute Gasteiger partial charge is 0.268 e. The van der Waals surface area contributed by atoms with Gasteiger partial charge in [0.25, 0.3) is 17.3 Å². The molecule has 1 N–H and O–H groups in total. The Bertz CT molecular complexity index is 1950. The maximum Gasteiger partial charge on any atom is 0.268 e. The maximum absolute atomic E-state index is 15.1. The third-order valence-corrected chi connectivity index (χ3v) is 6.33. The molecule has 0 saturated heterocycles. The molecule has 3 heterocycles. The van der Waals surface area contributed by atoms with Gasteiger partial charge in [0.1, 0.15) is 23.0 Å². The Morgan fingerprint density at radius 3 is 2.40 bits per heavy atom. The van der Waals surface area contributed by atoms with Crippen LogP contribution >= 0.6 is 0 Å². The molecule has 0 radical (unpaired) electrons. The molecule has 0 unspecified atom stereocenters. The molecule has 5 rings (SSSR count). The molecule has 0 aliphatic carbocycles. The van der Waals surface area contributed by atoms with Crippen molar-refractivity contribution in [2.75, 3.05) is 19.5 Å². The molecule has 0 aliphatic rings. The van der Waals surface area contributed by atoms with Crippen molar-refractivity contribution in [3.63, 3.8) is 0 Å². The first kappa shape index (κ1) is 27.7. The van der Waals surface area contributed by atoms with Crippen molar-refractivity contribution in [2.24, 2.45) is 0 Å². The summed E-state index contributed by atoms with van der Waals surface area (Å²) in [6.07, 6.45) is 1.47. The van der Waals surface area contributed by atoms with Crippen LogP contribution in [0.2, 0.25) is 0 Å². The zero-order chi connectivity index (χ0) is 30.0. The van der Waals surface area contributed by atoms with E-state index in [2.05, 4.69) is 15.3 Å². The summed E-state index contributed by atoms with van der Waals surface area (Å²) in [5.41, 5.74) is 0.264. The molecule has 3 aromatic heterocycles. The van der Waals surface area contributed by atoms with Crippen LogP contribution in [0.25, 0.3) is 16.7 Å². The molecule has 1 amide bonds. The number of nitrogens with one attached hydrogen (secondary N) is 1. The van der Waals surface area contributed by atoms with Gasteiger partial charge in [0.15, 0.2) is 23.1 Å². The lowest BCUT2D eigenvalue weighted by Gasteiger charge is -2.14. The number of carbonyl (C=O) groups excluding carboxylic acids is 1. The summed E-state index contributed by atoms with van der Waals surface area (Å²) in [7, 11) is 2.89. The highest BCUT2D eigenvalue weighted by atomic mass is 19.1. The topological polar surface area (TPSA) is 128 Å². The molecule has 12 heteroatoms. The summed E-state index contributed by atoms with van der Waals surface area (Å²) in [5.74, 6) is -1.62. The standard InChI is InChI=1S/C30H21F2N5O5/c1-16-17(15-33)12-21(30(39)37(16)20-7-4-18(31)5-8-20)28(38)35-19-6-9-24(22(32)13-19)42-25-10-11-34-23-14-26(40-2)29(41-3)36-27(23)25/h4-14H,1-3H3,(H,35,38). The molecule has 0 fully saturated rings. The minimum absolute atomic E-state index is 0.0285. The predicted molar refractivity (Wildman–Crippen MR) is 149 cm³/mol. The third-order valence-electron chi connectivity index (χ3n) is 6.33. The van der Waals surface area contributed by atoms with Crippen LogP contribution in [-0.2, 0) is 0 Å². The van der Waals surface area contributed by atoms with Gasteiger partial charge in [-0.05, 0) is 49.4 Å². The van der Waals surface area contributed by atoms with Gasteiger partial charge in [0.2, 0.25) is 0 Å². The number of aromatic nitrogens is 3. The number of fused-ring (bicyclic) bond motifs is 1. The second-order valence-corrected chi connectivity index (χ2v) is 8.86. The van der Waals surface area contributed by atoms with Crippen LogP contribution in [0.4, 0.5) is 14.5 Å². The molecular formula is C30H21F2N5O5. The number of amides is 1. The second kappa shape index (κ2) is 11.3. The highest BCUT2D eigenvalue weighted by Crippen LogP contribution is 2.35. The SMILES string of the molecule is COc1cc2nccc(Oc3ccc(NC(=O)c4cc(C#N)c(C)n(-c5ccc(F)cc5)c4=O)cc3F)c2nc1OC. The number of nitrogens with zero attached hydrogens (tertiary/aromatic N) is 4. The maximum atomic E-state index is 15.1. The summed E-state index contributed by atoms with van der Waals surface area (Å²) in [6, 6.07) is 15.0. The van der Waals surface area contributed by atoms with E-state index in [1.165, 1.54) is 57.7 Å². The van der Waals surface area contributed by atoms with Gasteiger partial charge in [-0.2, -0.15) is 5.26 Å². The fourth-order valence-corrected chi connectivity index (χ4v) is 4.25. The van der Waals surface area contributed by atoms with E-state index < -0.39 is 23.1 Å². The van der Waals surface area contributed by atoms with Crippen LogP contribution in [0.1, 0.15) is 21.6 Å². The van der Waals surface area contributed by atoms with Gasteiger partial charge in [-0.1, -0.05) is 0 Å². The molecule has 2 aromatic carbocycles. The van der Waals surface area contributed by atoms with Crippen LogP contribution in [-0.4, -0.2) is 34.7 Å². The molecule has 0 atom stereocenters. The van der Waals surface area contributed by atoms with Crippen LogP contribution in [0.5, 0.6) is 23.1 Å². The lowest BCUT2D eigenvalue weighted by Crippen LogP contribution is -2.30. The first-order valence-electron chi connectivity index (χ1n) is 12.3. The first-order valence-corrected chi connectivity index (χ1v) is 12.3. The molecule has 0 aliphatic heterocycles. The van der Waals surface area contributed by atoms with Crippen molar-refractivity contribution in [3.05, 3.63) is 106 Å². The van der Waals surface area contributed by atoms with E-state index in [1.54, 1.807) is 6.07 Å². The van der Waals surface area contributed by atoms with Crippen LogP contribution in [0.15, 0.2) is 71.7 Å². The van der Waals surface area contributed by atoms with Gasteiger partial charge in [0.05, 0.1) is 25.3 Å². The highest BCUT2D eigenvalue weighted by molar-refractivity contribution is 6.04. The fraction of sp³-hybridized carbons (Fsp3) is 0.100. The van der Waals surface area contributed by atoms with Crippen molar-refractivity contribution in [1.82, 2.24) is 14.5 Å². The van der Waals surface area contributed by atoms with Gasteiger partial charge in [-0.25, -0.2) is 13.8 Å². The van der Waals surface area contributed by atoms with E-state index in [9.17, 15) is 19.2 Å². The summed E-state index contributed by atoms with van der Waals surface area (Å²) in [6.45, 7) is 1.53. The summed E-state index contributed by atoms with van der Waals surface area (Å²) >= 11 is 0. The van der Waals surface area contributed by atoms with E-state index in [0.717, 1.165) is 28.8 Å². The Morgan fingerprint density at radius 2 is 1.74 bits per heavy atom. The summed E-state index contributed by atoms with van der Waals surface area (Å²) in [4.78, 5) is 35.0. The van der Waals surface area contributed by atoms with Crippen molar-refractivity contribution in [2.45, 2.75) is 6.92 Å². The quantitative estimate of drug-likeness (QED) is 0.280. The lowest BCUT2D eigenvalue weighted by molar-refractivity contribution is 0.102. The molecule has 0 saturated carbocycles. The fourth-order valence-electron chi connectivity index (χ4n) is 4.25. The number of methoxy groups -OCH3 is 2. The summed E-state index contributed by atoms with van der Waals surface area (Å²) < 4.78 is 46.0. The molecule has 0 spiro atoms. The molecule has 5 aromatic rings. The van der Waals surface area contributed by atoms with Crippen LogP contribution < -0.4 is 25.1 Å². The van der Waals surface area contributed by atoms with E-state index in [1.807, 2.05) is 6.07 Å². The number of pyridine rings is 3. The van der Waals surface area contributed by atoms with Gasteiger partial charge >= 0.3 is 0 Å². The number of hydrogen-bond donors (Lipinski definition) is 1. The van der Waals surface area contributed by atoms with Gasteiger partial charge in [0, 0.05) is 41.5 Å². The Kier molecular flexibility index (Phi) is 7.49. The number of rotatable bonds is 7. The number of ether oxygens (including phenoxy) is 3. The van der Waals surface area contributed by atoms with E-state index in [0.29, 0.717) is 16.8 Å². The predicted octanol–water partition coefficient (Wildman–Crippen LogP) is 5.30.